The quantitative estimate of drug-likeness (QED) is 0.817. The SMILES string of the molecule is CCCC(CNc1nccn2c(C)nnc12)C(=O)O. The fourth-order valence-corrected chi connectivity index (χ4v) is 1.95. The number of rotatable bonds is 6. The van der Waals surface area contributed by atoms with Gasteiger partial charge in [0, 0.05) is 18.9 Å². The molecule has 2 aromatic heterocycles. The minimum Gasteiger partial charge on any atom is -0.481 e. The van der Waals surface area contributed by atoms with E-state index in [0.717, 1.165) is 12.2 Å². The minimum absolute atomic E-state index is 0.335. The molecule has 2 N–H and O–H groups in total. The number of nitrogens with one attached hydrogen (secondary N) is 1. The number of carboxylic acids is 1. The van der Waals surface area contributed by atoms with Crippen molar-refractivity contribution in [2.45, 2.75) is 26.7 Å². The lowest BCUT2D eigenvalue weighted by Crippen LogP contribution is -2.23. The summed E-state index contributed by atoms with van der Waals surface area (Å²) in [5.41, 5.74) is 0.612. The average molecular weight is 263 g/mol. The predicted octanol–water partition coefficient (Wildman–Crippen LogP) is 1.35. The van der Waals surface area contributed by atoms with Gasteiger partial charge in [-0.2, -0.15) is 0 Å². The lowest BCUT2D eigenvalue weighted by Gasteiger charge is -2.12. The molecular formula is C12H17N5O2. The summed E-state index contributed by atoms with van der Waals surface area (Å²) in [6.45, 7) is 4.15. The number of anilines is 1. The van der Waals surface area contributed by atoms with E-state index >= 15 is 0 Å². The Labute approximate surface area is 110 Å². The first-order valence-electron chi connectivity index (χ1n) is 6.26. The summed E-state index contributed by atoms with van der Waals surface area (Å²) in [7, 11) is 0. The van der Waals surface area contributed by atoms with Crippen LogP contribution in [0.25, 0.3) is 5.65 Å². The van der Waals surface area contributed by atoms with Gasteiger partial charge in [0.05, 0.1) is 5.92 Å². The summed E-state index contributed by atoms with van der Waals surface area (Å²) in [6, 6.07) is 0. The standard InChI is InChI=1S/C12H17N5O2/c1-3-4-9(12(18)19)7-14-10-11-16-15-8(2)17(11)6-5-13-10/h5-6,9H,3-4,7H2,1-2H3,(H,13,14)(H,18,19). The maximum atomic E-state index is 11.1. The molecule has 0 fully saturated rings. The largest absolute Gasteiger partial charge is 0.481 e. The molecule has 7 nitrogen and oxygen atoms in total. The first-order valence-corrected chi connectivity index (χ1v) is 6.26. The predicted molar refractivity (Wildman–Crippen MR) is 70.0 cm³/mol. The highest BCUT2D eigenvalue weighted by atomic mass is 16.4. The molecule has 0 radical (unpaired) electrons. The van der Waals surface area contributed by atoms with Crippen LogP contribution >= 0.6 is 0 Å². The van der Waals surface area contributed by atoms with E-state index in [4.69, 9.17) is 5.11 Å². The Bertz CT molecular complexity index is 581. The maximum absolute atomic E-state index is 11.1. The van der Waals surface area contributed by atoms with Crippen molar-refractivity contribution >= 4 is 17.4 Å². The summed E-state index contributed by atoms with van der Waals surface area (Å²) >= 11 is 0. The summed E-state index contributed by atoms with van der Waals surface area (Å²) < 4.78 is 1.81. The van der Waals surface area contributed by atoms with Crippen LogP contribution in [0.15, 0.2) is 12.4 Å². The van der Waals surface area contributed by atoms with Crippen LogP contribution in [0.3, 0.4) is 0 Å². The number of aromatic nitrogens is 4. The number of nitrogens with zero attached hydrogens (tertiary/aromatic N) is 4. The lowest BCUT2D eigenvalue weighted by atomic mass is 10.0. The van der Waals surface area contributed by atoms with Crippen molar-refractivity contribution in [2.24, 2.45) is 5.92 Å². The van der Waals surface area contributed by atoms with E-state index in [1.54, 1.807) is 12.4 Å². The van der Waals surface area contributed by atoms with Gasteiger partial charge < -0.3 is 10.4 Å². The van der Waals surface area contributed by atoms with Crippen molar-refractivity contribution in [1.29, 1.82) is 0 Å². The molecule has 0 saturated carbocycles. The number of fused-ring (bicyclic) bond motifs is 1. The van der Waals surface area contributed by atoms with Gasteiger partial charge in [-0.25, -0.2) is 4.98 Å². The normalized spacial score (nSPS) is 12.5. The zero-order chi connectivity index (χ0) is 13.8. The highest BCUT2D eigenvalue weighted by molar-refractivity contribution is 5.71. The molecule has 0 spiro atoms. The third-order valence-corrected chi connectivity index (χ3v) is 3.00. The van der Waals surface area contributed by atoms with Gasteiger partial charge in [-0.15, -0.1) is 10.2 Å². The topological polar surface area (TPSA) is 92.4 Å². The van der Waals surface area contributed by atoms with Crippen molar-refractivity contribution in [2.75, 3.05) is 11.9 Å². The third-order valence-electron chi connectivity index (χ3n) is 3.00. The molecule has 0 saturated heterocycles. The lowest BCUT2D eigenvalue weighted by molar-refractivity contribution is -0.141. The Morgan fingerprint density at radius 2 is 2.32 bits per heavy atom. The van der Waals surface area contributed by atoms with Gasteiger partial charge in [-0.3, -0.25) is 9.20 Å². The van der Waals surface area contributed by atoms with E-state index < -0.39 is 11.9 Å². The second-order valence-electron chi connectivity index (χ2n) is 4.42. The monoisotopic (exact) mass is 263 g/mol. The van der Waals surface area contributed by atoms with Gasteiger partial charge in [0.25, 0.3) is 0 Å². The van der Waals surface area contributed by atoms with Crippen molar-refractivity contribution in [1.82, 2.24) is 19.6 Å². The van der Waals surface area contributed by atoms with Crippen LogP contribution < -0.4 is 5.32 Å². The molecular weight excluding hydrogens is 246 g/mol. The van der Waals surface area contributed by atoms with E-state index in [1.165, 1.54) is 0 Å². The number of carbonyl (C=O) groups is 1. The van der Waals surface area contributed by atoms with Crippen LogP contribution in [0.4, 0.5) is 5.82 Å². The van der Waals surface area contributed by atoms with Crippen LogP contribution in [0.5, 0.6) is 0 Å². The van der Waals surface area contributed by atoms with E-state index in [9.17, 15) is 4.79 Å². The number of aliphatic carboxylic acids is 1. The molecule has 2 aromatic rings. The highest BCUT2D eigenvalue weighted by Gasteiger charge is 2.17. The molecule has 102 valence electrons. The smallest absolute Gasteiger partial charge is 0.308 e. The Morgan fingerprint density at radius 1 is 1.53 bits per heavy atom. The summed E-state index contributed by atoms with van der Waals surface area (Å²) in [5, 5.41) is 20.2. The Kier molecular flexibility index (Phi) is 3.94. The fourth-order valence-electron chi connectivity index (χ4n) is 1.95. The molecule has 0 aliphatic rings. The van der Waals surface area contributed by atoms with Crippen molar-refractivity contribution in [3.8, 4) is 0 Å². The van der Waals surface area contributed by atoms with Gasteiger partial charge in [0.15, 0.2) is 5.82 Å². The molecule has 1 atom stereocenters. The van der Waals surface area contributed by atoms with Gasteiger partial charge in [-0.1, -0.05) is 13.3 Å². The molecule has 2 heterocycles. The summed E-state index contributed by atoms with van der Waals surface area (Å²) in [6.07, 6.45) is 4.88. The van der Waals surface area contributed by atoms with Crippen molar-refractivity contribution < 1.29 is 9.90 Å². The molecule has 19 heavy (non-hydrogen) atoms. The molecule has 7 heteroatoms. The number of hydrogen-bond donors (Lipinski definition) is 2. The van der Waals surface area contributed by atoms with E-state index in [0.29, 0.717) is 24.4 Å². The highest BCUT2D eigenvalue weighted by Crippen LogP contribution is 2.14. The molecule has 0 bridgehead atoms. The zero-order valence-electron chi connectivity index (χ0n) is 11.0. The second kappa shape index (κ2) is 5.64. The Balaban J connectivity index is 2.15. The average Bonchev–Trinajstić information content (AvgIpc) is 2.77. The van der Waals surface area contributed by atoms with Crippen LogP contribution in [0, 0.1) is 12.8 Å². The summed E-state index contributed by atoms with van der Waals surface area (Å²) in [5.74, 6) is 0.115. The van der Waals surface area contributed by atoms with Crippen LogP contribution in [-0.2, 0) is 4.79 Å². The second-order valence-corrected chi connectivity index (χ2v) is 4.42. The molecule has 1 unspecified atom stereocenters. The minimum atomic E-state index is -0.793. The zero-order valence-corrected chi connectivity index (χ0v) is 11.0. The van der Waals surface area contributed by atoms with Gasteiger partial charge >= 0.3 is 5.97 Å². The Morgan fingerprint density at radius 3 is 3.00 bits per heavy atom. The molecule has 0 aliphatic carbocycles. The van der Waals surface area contributed by atoms with Crippen LogP contribution in [-0.4, -0.2) is 37.2 Å². The molecule has 0 amide bonds. The number of hydrogen-bond acceptors (Lipinski definition) is 5. The molecule has 2 rings (SSSR count). The fraction of sp³-hybridized carbons (Fsp3) is 0.500. The van der Waals surface area contributed by atoms with Gasteiger partial charge in [0.1, 0.15) is 5.82 Å². The van der Waals surface area contributed by atoms with Crippen LogP contribution in [0.1, 0.15) is 25.6 Å². The maximum Gasteiger partial charge on any atom is 0.308 e. The van der Waals surface area contributed by atoms with Gasteiger partial charge in [0.2, 0.25) is 5.65 Å². The van der Waals surface area contributed by atoms with E-state index in [1.807, 2.05) is 18.2 Å². The van der Waals surface area contributed by atoms with Crippen LogP contribution in [0.2, 0.25) is 0 Å². The van der Waals surface area contributed by atoms with Gasteiger partial charge in [-0.05, 0) is 13.3 Å². The van der Waals surface area contributed by atoms with Crippen molar-refractivity contribution in [3.05, 3.63) is 18.2 Å². The number of carboxylic acid groups (broad SMARTS) is 1. The first-order chi connectivity index (χ1) is 9.13. The molecule has 0 aliphatic heterocycles. The molecule has 0 aromatic carbocycles. The third kappa shape index (κ3) is 2.81. The Hall–Kier alpha value is -2.18. The van der Waals surface area contributed by atoms with E-state index in [-0.39, 0.29) is 0 Å². The van der Waals surface area contributed by atoms with Crippen molar-refractivity contribution in [3.63, 3.8) is 0 Å². The summed E-state index contributed by atoms with van der Waals surface area (Å²) in [4.78, 5) is 15.3. The van der Waals surface area contributed by atoms with E-state index in [2.05, 4.69) is 20.5 Å². The number of aryl methyl sites for hydroxylation is 1. The first kappa shape index (κ1) is 13.3.